The van der Waals surface area contributed by atoms with Crippen LogP contribution in [0.15, 0.2) is 6.20 Å². The van der Waals surface area contributed by atoms with E-state index in [0.717, 1.165) is 0 Å². The van der Waals surface area contributed by atoms with Crippen molar-refractivity contribution >= 4 is 44.5 Å². The van der Waals surface area contributed by atoms with Gasteiger partial charge in [0.15, 0.2) is 0 Å². The van der Waals surface area contributed by atoms with Gasteiger partial charge >= 0.3 is 12.3 Å². The Bertz CT molecular complexity index is 482. The van der Waals surface area contributed by atoms with Crippen LogP contribution in [-0.2, 0) is 21.3 Å². The zero-order chi connectivity index (χ0) is 14.6. The predicted molar refractivity (Wildman–Crippen MR) is 72.0 cm³/mol. The first-order valence-corrected chi connectivity index (χ1v) is 7.03. The van der Waals surface area contributed by atoms with Gasteiger partial charge in [0.1, 0.15) is 0 Å². The van der Waals surface area contributed by atoms with Crippen molar-refractivity contribution in [2.45, 2.75) is 18.1 Å². The van der Waals surface area contributed by atoms with Crippen LogP contribution in [0.25, 0.3) is 0 Å². The maximum atomic E-state index is 12.2. The normalized spacial score (nSPS) is 11.3. The largest absolute Gasteiger partial charge is 0.574 e. The fourth-order valence-corrected chi connectivity index (χ4v) is 3.20. The lowest BCUT2D eigenvalue weighted by Gasteiger charge is -2.14. The van der Waals surface area contributed by atoms with Crippen molar-refractivity contribution in [3.05, 3.63) is 20.9 Å². The summed E-state index contributed by atoms with van der Waals surface area (Å²) in [4.78, 5) is 14.8. The summed E-state index contributed by atoms with van der Waals surface area (Å²) in [6, 6.07) is 0. The van der Waals surface area contributed by atoms with Crippen LogP contribution in [0.5, 0.6) is 5.88 Å². The van der Waals surface area contributed by atoms with Gasteiger partial charge in [-0.15, -0.1) is 13.2 Å². The number of methoxy groups -OCH3 is 1. The minimum atomic E-state index is -4.81. The third kappa shape index (κ3) is 4.79. The molecular weight excluding hydrogens is 446 g/mol. The molecule has 0 aliphatic rings. The number of esters is 1. The van der Waals surface area contributed by atoms with E-state index >= 15 is 0 Å². The van der Waals surface area contributed by atoms with E-state index in [9.17, 15) is 18.0 Å². The summed E-state index contributed by atoms with van der Waals surface area (Å²) in [5, 5.41) is 0.272. The number of alkyl halides is 4. The van der Waals surface area contributed by atoms with E-state index in [1.807, 2.05) is 0 Å². The van der Waals surface area contributed by atoms with E-state index < -0.39 is 18.2 Å². The molecule has 19 heavy (non-hydrogen) atoms. The van der Waals surface area contributed by atoms with Crippen molar-refractivity contribution < 1.29 is 27.4 Å². The highest BCUT2D eigenvalue weighted by atomic mass is 127. The van der Waals surface area contributed by atoms with E-state index in [-0.39, 0.29) is 15.3 Å². The molecule has 0 fully saturated rings. The highest BCUT2D eigenvalue weighted by Crippen LogP contribution is 2.30. The molecule has 1 heterocycles. The molecule has 4 nitrogen and oxygen atoms in total. The number of hydrogen-bond donors (Lipinski definition) is 0. The molecule has 1 aromatic heterocycles. The number of aromatic nitrogens is 1. The van der Waals surface area contributed by atoms with E-state index in [1.54, 1.807) is 22.6 Å². The number of nitrogens with zero attached hydrogens (tertiary/aromatic N) is 1. The number of carbonyl (C=O) groups is 1. The summed E-state index contributed by atoms with van der Waals surface area (Å²) in [5.74, 6) is -1.03. The Kier molecular flexibility index (Phi) is 5.83. The van der Waals surface area contributed by atoms with Crippen molar-refractivity contribution in [1.82, 2.24) is 4.98 Å². The molecule has 0 bridgehead atoms. The summed E-state index contributed by atoms with van der Waals surface area (Å²) < 4.78 is 45.0. The molecule has 0 atom stereocenters. The minimum Gasteiger partial charge on any atom is -0.469 e. The van der Waals surface area contributed by atoms with Gasteiger partial charge in [-0.3, -0.25) is 4.79 Å². The average molecular weight is 454 g/mol. The van der Waals surface area contributed by atoms with Gasteiger partial charge in [0.2, 0.25) is 5.88 Å². The molecule has 0 spiro atoms. The van der Waals surface area contributed by atoms with Crippen LogP contribution >= 0.6 is 38.5 Å². The molecule has 1 rings (SSSR count). The Morgan fingerprint density at radius 2 is 2.16 bits per heavy atom. The number of halogens is 5. The van der Waals surface area contributed by atoms with Crippen molar-refractivity contribution in [2.75, 3.05) is 7.11 Å². The molecule has 0 aliphatic carbocycles. The van der Waals surface area contributed by atoms with Crippen LogP contribution in [0.2, 0.25) is 0 Å². The fraction of sp³-hybridized carbons (Fsp3) is 0.400. The predicted octanol–water partition coefficient (Wildman–Crippen LogP) is 3.20. The fourth-order valence-electron chi connectivity index (χ4n) is 1.25. The first-order chi connectivity index (χ1) is 8.78. The second-order valence-electron chi connectivity index (χ2n) is 3.32. The zero-order valence-corrected chi connectivity index (χ0v) is 13.3. The summed E-state index contributed by atoms with van der Waals surface area (Å²) in [5.41, 5.74) is 1.00. The molecule has 0 amide bonds. The smallest absolute Gasteiger partial charge is 0.469 e. The summed E-state index contributed by atoms with van der Waals surface area (Å²) >= 11 is 4.86. The van der Waals surface area contributed by atoms with Crippen LogP contribution in [0, 0.1) is 3.57 Å². The van der Waals surface area contributed by atoms with Crippen molar-refractivity contribution in [2.24, 2.45) is 0 Å². The van der Waals surface area contributed by atoms with Crippen LogP contribution in [0.3, 0.4) is 0 Å². The van der Waals surface area contributed by atoms with Gasteiger partial charge in [-0.25, -0.2) is 4.98 Å². The standard InChI is InChI=1S/C10H8BrF3INO3/c1-18-7(17)2-5-4-16-9(19-10(12,13)14)8(15)6(5)3-11/h4H,2-3H2,1H3. The molecule has 9 heteroatoms. The van der Waals surface area contributed by atoms with Gasteiger partial charge in [-0.1, -0.05) is 15.9 Å². The van der Waals surface area contributed by atoms with Gasteiger partial charge < -0.3 is 9.47 Å². The van der Waals surface area contributed by atoms with E-state index in [1.165, 1.54) is 13.3 Å². The lowest BCUT2D eigenvalue weighted by molar-refractivity contribution is -0.276. The van der Waals surface area contributed by atoms with Gasteiger partial charge in [-0.05, 0) is 33.7 Å². The van der Waals surface area contributed by atoms with E-state index in [4.69, 9.17) is 0 Å². The number of rotatable bonds is 4. The maximum Gasteiger partial charge on any atom is 0.574 e. The third-order valence-electron chi connectivity index (χ3n) is 2.09. The SMILES string of the molecule is COC(=O)Cc1cnc(OC(F)(F)F)c(I)c1CBr. The van der Waals surface area contributed by atoms with Crippen LogP contribution in [0.4, 0.5) is 13.2 Å². The van der Waals surface area contributed by atoms with E-state index in [0.29, 0.717) is 11.1 Å². The average Bonchev–Trinajstić information content (AvgIpc) is 2.31. The second-order valence-corrected chi connectivity index (χ2v) is 4.95. The number of carbonyl (C=O) groups excluding carboxylic acids is 1. The summed E-state index contributed by atoms with van der Waals surface area (Å²) in [7, 11) is 1.23. The lowest BCUT2D eigenvalue weighted by atomic mass is 10.1. The van der Waals surface area contributed by atoms with Crippen molar-refractivity contribution in [3.63, 3.8) is 0 Å². The molecule has 0 unspecified atom stereocenters. The molecule has 0 saturated heterocycles. The van der Waals surface area contributed by atoms with E-state index in [2.05, 4.69) is 30.4 Å². The quantitative estimate of drug-likeness (QED) is 0.399. The first kappa shape index (κ1) is 16.5. The highest BCUT2D eigenvalue weighted by molar-refractivity contribution is 14.1. The Morgan fingerprint density at radius 1 is 1.53 bits per heavy atom. The molecule has 0 N–H and O–H groups in total. The molecule has 0 saturated carbocycles. The topological polar surface area (TPSA) is 48.4 Å². The Morgan fingerprint density at radius 3 is 2.63 bits per heavy atom. The zero-order valence-electron chi connectivity index (χ0n) is 9.55. The third-order valence-corrected chi connectivity index (χ3v) is 3.76. The highest BCUT2D eigenvalue weighted by Gasteiger charge is 2.33. The molecule has 0 aromatic carbocycles. The van der Waals surface area contributed by atoms with Crippen molar-refractivity contribution in [1.29, 1.82) is 0 Å². The number of hydrogen-bond acceptors (Lipinski definition) is 4. The maximum absolute atomic E-state index is 12.2. The van der Waals surface area contributed by atoms with Gasteiger partial charge in [0.25, 0.3) is 0 Å². The van der Waals surface area contributed by atoms with Crippen LogP contribution in [0.1, 0.15) is 11.1 Å². The van der Waals surface area contributed by atoms with Gasteiger partial charge in [0.05, 0.1) is 17.1 Å². The first-order valence-electron chi connectivity index (χ1n) is 4.83. The summed E-state index contributed by atoms with van der Waals surface area (Å²) in [6.45, 7) is 0. The van der Waals surface area contributed by atoms with Crippen molar-refractivity contribution in [3.8, 4) is 5.88 Å². The molecule has 106 valence electrons. The lowest BCUT2D eigenvalue weighted by Crippen LogP contribution is -2.19. The minimum absolute atomic E-state index is 0.0628. The molecular formula is C10H8BrF3INO3. The molecule has 0 radical (unpaired) electrons. The second kappa shape index (κ2) is 6.73. The van der Waals surface area contributed by atoms with Crippen LogP contribution in [-0.4, -0.2) is 24.4 Å². The van der Waals surface area contributed by atoms with Gasteiger partial charge in [-0.2, -0.15) is 0 Å². The van der Waals surface area contributed by atoms with Crippen LogP contribution < -0.4 is 4.74 Å². The Balaban J connectivity index is 3.12. The monoisotopic (exact) mass is 453 g/mol. The number of pyridine rings is 1. The van der Waals surface area contributed by atoms with Gasteiger partial charge in [0, 0.05) is 11.5 Å². The summed E-state index contributed by atoms with van der Waals surface area (Å²) in [6.07, 6.45) is -3.69. The molecule has 1 aromatic rings. The molecule has 0 aliphatic heterocycles. The Labute approximate surface area is 128 Å². The number of ether oxygens (including phenoxy) is 2. The Hall–Kier alpha value is -0.580.